The van der Waals surface area contributed by atoms with Gasteiger partial charge in [-0.3, -0.25) is 9.59 Å². The van der Waals surface area contributed by atoms with E-state index in [1.165, 1.54) is 5.56 Å². The van der Waals surface area contributed by atoms with E-state index in [2.05, 4.69) is 0 Å². The van der Waals surface area contributed by atoms with Gasteiger partial charge in [0.15, 0.2) is 6.61 Å². The number of ether oxygens (including phenoxy) is 1. The first-order chi connectivity index (χ1) is 9.47. The van der Waals surface area contributed by atoms with Crippen molar-refractivity contribution in [3.8, 4) is 5.75 Å². The van der Waals surface area contributed by atoms with E-state index in [4.69, 9.17) is 9.84 Å². The third-order valence-corrected chi connectivity index (χ3v) is 3.73. The van der Waals surface area contributed by atoms with E-state index in [9.17, 15) is 9.59 Å². The summed E-state index contributed by atoms with van der Waals surface area (Å²) < 4.78 is 5.47. The first-order valence-corrected chi connectivity index (χ1v) is 6.68. The van der Waals surface area contributed by atoms with Crippen LogP contribution in [-0.4, -0.2) is 41.6 Å². The van der Waals surface area contributed by atoms with Crippen molar-refractivity contribution in [2.45, 2.75) is 20.3 Å². The van der Waals surface area contributed by atoms with Gasteiger partial charge in [0, 0.05) is 13.1 Å². The number of hydrogen-bond donors (Lipinski definition) is 1. The highest BCUT2D eigenvalue weighted by atomic mass is 16.5. The zero-order valence-electron chi connectivity index (χ0n) is 11.8. The molecule has 0 spiro atoms. The number of carboxylic acids is 1. The predicted molar refractivity (Wildman–Crippen MR) is 73.7 cm³/mol. The Morgan fingerprint density at radius 3 is 2.70 bits per heavy atom. The van der Waals surface area contributed by atoms with Crippen LogP contribution in [0.25, 0.3) is 0 Å². The molecule has 5 heteroatoms. The molecule has 0 unspecified atom stereocenters. The van der Waals surface area contributed by atoms with Crippen LogP contribution in [0.5, 0.6) is 5.75 Å². The van der Waals surface area contributed by atoms with Crippen molar-refractivity contribution in [3.63, 3.8) is 0 Å². The van der Waals surface area contributed by atoms with Crippen molar-refractivity contribution in [2.75, 3.05) is 19.7 Å². The summed E-state index contributed by atoms with van der Waals surface area (Å²) in [6.45, 7) is 4.73. The minimum absolute atomic E-state index is 0.0468. The van der Waals surface area contributed by atoms with E-state index in [0.717, 1.165) is 5.56 Å². The van der Waals surface area contributed by atoms with Crippen LogP contribution in [0.15, 0.2) is 18.2 Å². The number of hydrogen-bond acceptors (Lipinski definition) is 3. The predicted octanol–water partition coefficient (Wildman–Crippen LogP) is 1.62. The van der Waals surface area contributed by atoms with Gasteiger partial charge in [-0.15, -0.1) is 0 Å². The van der Waals surface area contributed by atoms with Crippen LogP contribution in [0.2, 0.25) is 0 Å². The van der Waals surface area contributed by atoms with E-state index < -0.39 is 11.9 Å². The molecule has 1 aromatic rings. The molecule has 2 rings (SSSR count). The minimum atomic E-state index is -0.838. The Bertz CT molecular complexity index is 527. The number of benzene rings is 1. The lowest BCUT2D eigenvalue weighted by atomic mass is 10.1. The van der Waals surface area contributed by atoms with Gasteiger partial charge in [-0.05, 0) is 43.5 Å². The van der Waals surface area contributed by atoms with Crippen molar-refractivity contribution in [1.82, 2.24) is 4.90 Å². The molecule has 0 aliphatic carbocycles. The number of carboxylic acid groups (broad SMARTS) is 1. The van der Waals surface area contributed by atoms with Crippen molar-refractivity contribution >= 4 is 11.9 Å². The SMILES string of the molecule is Cc1ccc(OCC(=O)N2CC[C@H](C(=O)O)C2)cc1C. The molecule has 1 N–H and O–H groups in total. The highest BCUT2D eigenvalue weighted by Gasteiger charge is 2.30. The molecular weight excluding hydrogens is 258 g/mol. The van der Waals surface area contributed by atoms with Crippen molar-refractivity contribution in [1.29, 1.82) is 0 Å². The number of aliphatic carboxylic acids is 1. The Balaban J connectivity index is 1.86. The lowest BCUT2D eigenvalue weighted by Gasteiger charge is -2.16. The van der Waals surface area contributed by atoms with Gasteiger partial charge in [0.2, 0.25) is 0 Å². The van der Waals surface area contributed by atoms with Crippen LogP contribution in [0.3, 0.4) is 0 Å². The second kappa shape index (κ2) is 5.94. The van der Waals surface area contributed by atoms with Gasteiger partial charge in [0.1, 0.15) is 5.75 Å². The van der Waals surface area contributed by atoms with E-state index in [0.29, 0.717) is 18.7 Å². The van der Waals surface area contributed by atoms with Gasteiger partial charge in [0.05, 0.1) is 5.92 Å². The van der Waals surface area contributed by atoms with Crippen LogP contribution >= 0.6 is 0 Å². The average molecular weight is 277 g/mol. The van der Waals surface area contributed by atoms with Crippen LogP contribution in [0.1, 0.15) is 17.5 Å². The van der Waals surface area contributed by atoms with E-state index in [-0.39, 0.29) is 19.1 Å². The average Bonchev–Trinajstić information content (AvgIpc) is 2.89. The quantitative estimate of drug-likeness (QED) is 0.908. The van der Waals surface area contributed by atoms with Gasteiger partial charge >= 0.3 is 5.97 Å². The van der Waals surface area contributed by atoms with E-state index in [1.54, 1.807) is 4.90 Å². The number of aryl methyl sites for hydroxylation is 2. The summed E-state index contributed by atoms with van der Waals surface area (Å²) in [7, 11) is 0. The Hall–Kier alpha value is -2.04. The summed E-state index contributed by atoms with van der Waals surface area (Å²) in [6, 6.07) is 5.68. The van der Waals surface area contributed by atoms with E-state index in [1.807, 2.05) is 32.0 Å². The number of nitrogens with zero attached hydrogens (tertiary/aromatic N) is 1. The molecule has 0 saturated carbocycles. The maximum absolute atomic E-state index is 11.9. The number of amides is 1. The summed E-state index contributed by atoms with van der Waals surface area (Å²) >= 11 is 0. The van der Waals surface area contributed by atoms with Gasteiger partial charge in [-0.25, -0.2) is 0 Å². The number of carbonyl (C=O) groups excluding carboxylic acids is 1. The number of rotatable bonds is 4. The summed E-state index contributed by atoms with van der Waals surface area (Å²) in [4.78, 5) is 24.4. The largest absolute Gasteiger partial charge is 0.484 e. The number of carbonyl (C=O) groups is 2. The smallest absolute Gasteiger partial charge is 0.308 e. The van der Waals surface area contributed by atoms with Gasteiger partial charge < -0.3 is 14.7 Å². The molecule has 1 aliphatic rings. The summed E-state index contributed by atoms with van der Waals surface area (Å²) in [5, 5.41) is 8.91. The summed E-state index contributed by atoms with van der Waals surface area (Å²) in [5.41, 5.74) is 2.29. The normalized spacial score (nSPS) is 18.1. The van der Waals surface area contributed by atoms with Gasteiger partial charge in [-0.2, -0.15) is 0 Å². The lowest BCUT2D eigenvalue weighted by molar-refractivity contribution is -0.141. The molecule has 20 heavy (non-hydrogen) atoms. The van der Waals surface area contributed by atoms with Crippen LogP contribution in [-0.2, 0) is 9.59 Å². The minimum Gasteiger partial charge on any atom is -0.484 e. The fourth-order valence-corrected chi connectivity index (χ4v) is 2.23. The lowest BCUT2D eigenvalue weighted by Crippen LogP contribution is -2.33. The summed E-state index contributed by atoms with van der Waals surface area (Å²) in [6.07, 6.45) is 0.519. The Morgan fingerprint density at radius 2 is 2.10 bits per heavy atom. The monoisotopic (exact) mass is 277 g/mol. The summed E-state index contributed by atoms with van der Waals surface area (Å²) in [5.74, 6) is -0.779. The third kappa shape index (κ3) is 3.29. The molecular formula is C15H19NO4. The molecule has 1 fully saturated rings. The molecule has 1 saturated heterocycles. The van der Waals surface area contributed by atoms with Crippen molar-refractivity contribution < 1.29 is 19.4 Å². The Kier molecular flexibility index (Phi) is 4.27. The highest BCUT2D eigenvalue weighted by Crippen LogP contribution is 2.18. The third-order valence-electron chi connectivity index (χ3n) is 3.73. The maximum atomic E-state index is 11.9. The van der Waals surface area contributed by atoms with Crippen LogP contribution in [0, 0.1) is 19.8 Å². The molecule has 0 bridgehead atoms. The molecule has 5 nitrogen and oxygen atoms in total. The second-order valence-corrected chi connectivity index (χ2v) is 5.20. The molecule has 1 atom stereocenters. The van der Waals surface area contributed by atoms with Crippen molar-refractivity contribution in [2.24, 2.45) is 5.92 Å². The second-order valence-electron chi connectivity index (χ2n) is 5.20. The fourth-order valence-electron chi connectivity index (χ4n) is 2.23. The molecule has 1 aromatic carbocycles. The fraction of sp³-hybridized carbons (Fsp3) is 0.467. The van der Waals surface area contributed by atoms with Crippen LogP contribution in [0.4, 0.5) is 0 Å². The Labute approximate surface area is 118 Å². The molecule has 108 valence electrons. The molecule has 1 aliphatic heterocycles. The molecule has 1 heterocycles. The van der Waals surface area contributed by atoms with E-state index >= 15 is 0 Å². The Morgan fingerprint density at radius 1 is 1.35 bits per heavy atom. The first-order valence-electron chi connectivity index (χ1n) is 6.68. The standard InChI is InChI=1S/C15H19NO4/c1-10-3-4-13(7-11(10)2)20-9-14(17)16-6-5-12(8-16)15(18)19/h3-4,7,12H,5-6,8-9H2,1-2H3,(H,18,19)/t12-/m0/s1. The van der Waals surface area contributed by atoms with Crippen LogP contribution < -0.4 is 4.74 Å². The first kappa shape index (κ1) is 14.4. The highest BCUT2D eigenvalue weighted by molar-refractivity contribution is 5.80. The maximum Gasteiger partial charge on any atom is 0.308 e. The molecule has 1 amide bonds. The molecule has 0 radical (unpaired) electrons. The van der Waals surface area contributed by atoms with Gasteiger partial charge in [0.25, 0.3) is 5.91 Å². The zero-order chi connectivity index (χ0) is 14.7. The molecule has 0 aromatic heterocycles. The number of likely N-dealkylation sites (tertiary alicyclic amines) is 1. The van der Waals surface area contributed by atoms with Crippen molar-refractivity contribution in [3.05, 3.63) is 29.3 Å². The topological polar surface area (TPSA) is 66.8 Å². The zero-order valence-corrected chi connectivity index (χ0v) is 11.8. The van der Waals surface area contributed by atoms with Gasteiger partial charge in [-0.1, -0.05) is 6.07 Å².